The molecule has 2 N–H and O–H groups in total. The number of rotatable bonds is 6. The van der Waals surface area contributed by atoms with Crippen LogP contribution in [0.3, 0.4) is 0 Å². The molecule has 0 fully saturated rings. The van der Waals surface area contributed by atoms with E-state index >= 15 is 0 Å². The highest BCUT2D eigenvalue weighted by molar-refractivity contribution is 7.72. The molecule has 2 atom stereocenters. The van der Waals surface area contributed by atoms with Crippen LogP contribution in [-0.2, 0) is 13.9 Å². The number of oxime groups is 1. The topological polar surface area (TPSA) is 105 Å². The minimum atomic E-state index is -4.68. The molecule has 0 amide bonds. The molecule has 1 aromatic rings. The Balaban J connectivity index is 2.02. The van der Waals surface area contributed by atoms with Gasteiger partial charge < -0.3 is 19.4 Å². The number of alkyl halides is 1. The Bertz CT molecular complexity index is 772. The van der Waals surface area contributed by atoms with E-state index in [0.717, 1.165) is 0 Å². The van der Waals surface area contributed by atoms with Crippen molar-refractivity contribution in [3.8, 4) is 5.75 Å². The minimum Gasteiger partial charge on any atom is -0.482 e. The number of nitrogens with zero attached hydrogens (tertiary/aromatic N) is 1. The summed E-state index contributed by atoms with van der Waals surface area (Å²) in [6, 6.07) is 8.43. The van der Waals surface area contributed by atoms with Gasteiger partial charge in [0.15, 0.2) is 6.61 Å². The molecule has 134 valence electrons. The summed E-state index contributed by atoms with van der Waals surface area (Å²) >= 11 is 6.12. The molecular weight excluding hydrogens is 369 g/mol. The maximum Gasteiger partial charge on any atom is 0.432 e. The van der Waals surface area contributed by atoms with Crippen LogP contribution in [-0.4, -0.2) is 33.0 Å². The van der Waals surface area contributed by atoms with Gasteiger partial charge in [-0.05, 0) is 25.5 Å². The van der Waals surface area contributed by atoms with E-state index in [9.17, 15) is 14.3 Å². The van der Waals surface area contributed by atoms with Crippen molar-refractivity contribution < 1.29 is 28.7 Å². The van der Waals surface area contributed by atoms with Crippen molar-refractivity contribution in [1.82, 2.24) is 0 Å². The second-order valence-corrected chi connectivity index (χ2v) is 7.99. The molecule has 0 bridgehead atoms. The molecule has 1 aromatic carbocycles. The molecule has 0 heterocycles. The van der Waals surface area contributed by atoms with Crippen LogP contribution in [0.25, 0.3) is 0 Å². The van der Waals surface area contributed by atoms with Crippen molar-refractivity contribution in [1.29, 1.82) is 0 Å². The molecule has 25 heavy (non-hydrogen) atoms. The SMILES string of the molecule is CC1(Cl)C=CC(C(=NO)P(=O)(O)OC(=O)COc2ccccc2)=CC1. The summed E-state index contributed by atoms with van der Waals surface area (Å²) in [6.45, 7) is 1.19. The first-order valence-corrected chi connectivity index (χ1v) is 9.23. The lowest BCUT2D eigenvalue weighted by atomic mass is 9.98. The van der Waals surface area contributed by atoms with Gasteiger partial charge in [0.2, 0.25) is 5.45 Å². The predicted molar refractivity (Wildman–Crippen MR) is 93.2 cm³/mol. The third-order valence-corrected chi connectivity index (χ3v) is 4.89. The molecule has 2 unspecified atom stereocenters. The van der Waals surface area contributed by atoms with Crippen molar-refractivity contribution in [2.45, 2.75) is 18.2 Å². The highest BCUT2D eigenvalue weighted by Gasteiger charge is 2.36. The van der Waals surface area contributed by atoms with Crippen LogP contribution in [0.2, 0.25) is 0 Å². The fourth-order valence-electron chi connectivity index (χ4n) is 2.02. The Morgan fingerprint density at radius 1 is 1.40 bits per heavy atom. The van der Waals surface area contributed by atoms with Crippen LogP contribution in [0.1, 0.15) is 13.3 Å². The van der Waals surface area contributed by atoms with Crippen molar-refractivity contribution in [2.75, 3.05) is 6.61 Å². The zero-order valence-corrected chi connectivity index (χ0v) is 15.0. The summed E-state index contributed by atoms with van der Waals surface area (Å²) in [4.78, 5) is 21.1. The number of carbonyl (C=O) groups is 1. The van der Waals surface area contributed by atoms with Gasteiger partial charge in [0.1, 0.15) is 5.75 Å². The highest BCUT2D eigenvalue weighted by atomic mass is 35.5. The average molecular weight is 386 g/mol. The van der Waals surface area contributed by atoms with Crippen LogP contribution >= 0.6 is 19.2 Å². The largest absolute Gasteiger partial charge is 0.482 e. The second-order valence-electron chi connectivity index (χ2n) is 5.48. The molecule has 0 spiro atoms. The molecule has 0 saturated heterocycles. The zero-order valence-electron chi connectivity index (χ0n) is 13.3. The Kier molecular flexibility index (Phi) is 6.06. The van der Waals surface area contributed by atoms with E-state index in [4.69, 9.17) is 21.5 Å². The van der Waals surface area contributed by atoms with Gasteiger partial charge in [0.05, 0.1) is 4.87 Å². The number of para-hydroxylation sites is 1. The number of hydrogen-bond donors (Lipinski definition) is 2. The Labute approximate surface area is 149 Å². The maximum atomic E-state index is 12.3. The van der Waals surface area contributed by atoms with Crippen LogP contribution in [0, 0.1) is 0 Å². The van der Waals surface area contributed by atoms with E-state index in [1.807, 2.05) is 0 Å². The van der Waals surface area contributed by atoms with Crippen LogP contribution in [0.4, 0.5) is 0 Å². The van der Waals surface area contributed by atoms with E-state index < -0.39 is 30.5 Å². The predicted octanol–water partition coefficient (Wildman–Crippen LogP) is 3.47. The first kappa shape index (κ1) is 19.2. The minimum absolute atomic E-state index is 0.156. The van der Waals surface area contributed by atoms with Gasteiger partial charge in [-0.15, -0.1) is 11.6 Å². The monoisotopic (exact) mass is 385 g/mol. The zero-order chi connectivity index (χ0) is 18.5. The van der Waals surface area contributed by atoms with Gasteiger partial charge in [-0.2, -0.15) is 0 Å². The molecule has 1 aliphatic rings. The molecule has 7 nitrogen and oxygen atoms in total. The van der Waals surface area contributed by atoms with Crippen LogP contribution < -0.4 is 4.74 Å². The summed E-state index contributed by atoms with van der Waals surface area (Å²) in [6.07, 6.45) is 4.90. The third kappa shape index (κ3) is 5.46. The van der Waals surface area contributed by atoms with Gasteiger partial charge in [-0.25, -0.2) is 9.36 Å². The summed E-state index contributed by atoms with van der Waals surface area (Å²) in [5.41, 5.74) is -0.479. The summed E-state index contributed by atoms with van der Waals surface area (Å²) in [5.74, 6) is -0.666. The fraction of sp³-hybridized carbons (Fsp3) is 0.250. The molecule has 1 aliphatic carbocycles. The van der Waals surface area contributed by atoms with Crippen molar-refractivity contribution in [3.05, 3.63) is 54.1 Å². The van der Waals surface area contributed by atoms with Gasteiger partial charge >= 0.3 is 13.6 Å². The number of carbonyl (C=O) groups excluding carboxylic acids is 1. The van der Waals surface area contributed by atoms with Crippen molar-refractivity contribution in [3.63, 3.8) is 0 Å². The van der Waals surface area contributed by atoms with Gasteiger partial charge in [-0.3, -0.25) is 0 Å². The first-order chi connectivity index (χ1) is 11.7. The second kappa shape index (κ2) is 7.87. The standard InChI is InChI=1S/C16H17ClNO6P/c1-16(17)9-7-12(8-10-16)15(18-20)25(21,22)24-14(19)11-23-13-5-3-2-4-6-13/h2-9,20H,10-11H2,1H3,(H,21,22). The highest BCUT2D eigenvalue weighted by Crippen LogP contribution is 2.47. The molecule has 0 aliphatic heterocycles. The van der Waals surface area contributed by atoms with E-state index in [-0.39, 0.29) is 5.57 Å². The Morgan fingerprint density at radius 2 is 2.08 bits per heavy atom. The lowest BCUT2D eigenvalue weighted by Gasteiger charge is -2.21. The number of benzene rings is 1. The lowest BCUT2D eigenvalue weighted by Crippen LogP contribution is -2.19. The smallest absolute Gasteiger partial charge is 0.432 e. The summed E-state index contributed by atoms with van der Waals surface area (Å²) in [5, 5.41) is 11.9. The maximum absolute atomic E-state index is 12.3. The quantitative estimate of drug-likeness (QED) is 0.255. The normalized spacial score (nSPS) is 22.7. The number of allylic oxidation sites excluding steroid dienone is 4. The van der Waals surface area contributed by atoms with Gasteiger partial charge in [0, 0.05) is 5.57 Å². The number of hydrogen-bond acceptors (Lipinski definition) is 6. The first-order valence-electron chi connectivity index (χ1n) is 7.28. The molecule has 0 saturated carbocycles. The average Bonchev–Trinajstić information content (AvgIpc) is 2.55. The lowest BCUT2D eigenvalue weighted by molar-refractivity contribution is -0.136. The van der Waals surface area contributed by atoms with E-state index in [0.29, 0.717) is 12.2 Å². The van der Waals surface area contributed by atoms with Crippen LogP contribution in [0.5, 0.6) is 5.75 Å². The van der Waals surface area contributed by atoms with E-state index in [2.05, 4.69) is 9.68 Å². The number of ether oxygens (including phenoxy) is 1. The molecule has 2 rings (SSSR count). The van der Waals surface area contributed by atoms with Crippen LogP contribution in [0.15, 0.2) is 59.3 Å². The van der Waals surface area contributed by atoms with Gasteiger partial charge in [-0.1, -0.05) is 41.6 Å². The molecule has 9 heteroatoms. The van der Waals surface area contributed by atoms with Crippen molar-refractivity contribution >= 4 is 30.6 Å². The fourth-order valence-corrected chi connectivity index (χ4v) is 3.18. The summed E-state index contributed by atoms with van der Waals surface area (Å²) < 4.78 is 22.0. The van der Waals surface area contributed by atoms with Crippen molar-refractivity contribution in [2.24, 2.45) is 5.16 Å². The molecular formula is C16H17ClNO6P. The Morgan fingerprint density at radius 3 is 2.64 bits per heavy atom. The van der Waals surface area contributed by atoms with E-state index in [1.54, 1.807) is 43.3 Å². The molecule has 0 aromatic heterocycles. The molecule has 0 radical (unpaired) electrons. The van der Waals surface area contributed by atoms with Gasteiger partial charge in [0.25, 0.3) is 0 Å². The third-order valence-electron chi connectivity index (χ3n) is 3.28. The number of halogens is 1. The Hall–Kier alpha value is -2.08. The van der Waals surface area contributed by atoms with E-state index in [1.165, 1.54) is 12.2 Å². The summed E-state index contributed by atoms with van der Waals surface area (Å²) in [7, 11) is -4.68.